The van der Waals surface area contributed by atoms with E-state index in [4.69, 9.17) is 19.5 Å². The molecule has 8 heteroatoms. The molecule has 3 N–H and O–H groups in total. The Labute approximate surface area is 119 Å². The zero-order chi connectivity index (χ0) is 15.4. The van der Waals surface area contributed by atoms with Gasteiger partial charge in [-0.2, -0.15) is 0 Å². The number of allylic oxidation sites excluding steroid dienone is 1. The minimum Gasteiger partial charge on any atom is -0.463 e. The van der Waals surface area contributed by atoms with Crippen molar-refractivity contribution >= 4 is 13.6 Å². The second kappa shape index (κ2) is 11.0. The van der Waals surface area contributed by atoms with Gasteiger partial charge < -0.3 is 24.6 Å². The maximum absolute atomic E-state index is 11.7. The van der Waals surface area contributed by atoms with Crippen molar-refractivity contribution in [2.45, 2.75) is 25.9 Å². The van der Waals surface area contributed by atoms with E-state index in [-0.39, 0.29) is 32.8 Å². The van der Waals surface area contributed by atoms with Crippen LogP contribution in [-0.4, -0.2) is 50.2 Å². The van der Waals surface area contributed by atoms with E-state index in [1.54, 1.807) is 6.08 Å². The van der Waals surface area contributed by atoms with Gasteiger partial charge in [0.1, 0.15) is 12.7 Å². The molecule has 0 fully saturated rings. The Bertz CT molecular complexity index is 347. The van der Waals surface area contributed by atoms with E-state index in [9.17, 15) is 14.5 Å². The molecule has 0 aliphatic rings. The molecule has 0 bridgehead atoms. The van der Waals surface area contributed by atoms with Gasteiger partial charge in [-0.1, -0.05) is 19.1 Å². The van der Waals surface area contributed by atoms with Gasteiger partial charge in [0.25, 0.3) is 0 Å². The summed E-state index contributed by atoms with van der Waals surface area (Å²) in [5.41, 5.74) is 5.21. The van der Waals surface area contributed by atoms with Crippen LogP contribution in [0.1, 0.15) is 19.8 Å². The predicted molar refractivity (Wildman–Crippen MR) is 75.5 cm³/mol. The average molecular weight is 309 g/mol. The SMILES string of the molecule is CC/C=C\CC(=O)OCC(O)COP(C)(=O)OCCN. The van der Waals surface area contributed by atoms with Crippen molar-refractivity contribution in [3.8, 4) is 0 Å². The average Bonchev–Trinajstić information content (AvgIpc) is 2.41. The fraction of sp³-hybridized carbons (Fsp3) is 0.750. The smallest absolute Gasteiger partial charge is 0.327 e. The first-order valence-electron chi connectivity index (χ1n) is 6.46. The first-order valence-corrected chi connectivity index (χ1v) is 8.45. The predicted octanol–water partition coefficient (Wildman–Crippen LogP) is 1.06. The molecule has 0 rings (SSSR count). The summed E-state index contributed by atoms with van der Waals surface area (Å²) >= 11 is 0. The molecular weight excluding hydrogens is 285 g/mol. The van der Waals surface area contributed by atoms with Gasteiger partial charge in [0.15, 0.2) is 0 Å². The van der Waals surface area contributed by atoms with Crippen LogP contribution in [0.2, 0.25) is 0 Å². The molecule has 0 saturated heterocycles. The van der Waals surface area contributed by atoms with E-state index in [0.717, 1.165) is 6.42 Å². The summed E-state index contributed by atoms with van der Waals surface area (Å²) in [6.45, 7) is 3.14. The van der Waals surface area contributed by atoms with Gasteiger partial charge in [0.05, 0.1) is 19.6 Å². The molecule has 0 aromatic heterocycles. The van der Waals surface area contributed by atoms with Crippen LogP contribution in [0.3, 0.4) is 0 Å². The minimum atomic E-state index is -3.22. The molecule has 20 heavy (non-hydrogen) atoms. The van der Waals surface area contributed by atoms with E-state index in [1.807, 2.05) is 13.0 Å². The molecular formula is C12H24NO6P. The van der Waals surface area contributed by atoms with Gasteiger partial charge >= 0.3 is 13.6 Å². The summed E-state index contributed by atoms with van der Waals surface area (Å²) in [6, 6.07) is 0. The highest BCUT2D eigenvalue weighted by Crippen LogP contribution is 2.43. The van der Waals surface area contributed by atoms with Crippen LogP contribution in [0.4, 0.5) is 0 Å². The summed E-state index contributed by atoms with van der Waals surface area (Å²) in [7, 11) is -3.22. The van der Waals surface area contributed by atoms with Gasteiger partial charge in [-0.3, -0.25) is 9.36 Å². The van der Waals surface area contributed by atoms with Crippen molar-refractivity contribution in [3.63, 3.8) is 0 Å². The van der Waals surface area contributed by atoms with Crippen molar-refractivity contribution < 1.29 is 28.3 Å². The summed E-state index contributed by atoms with van der Waals surface area (Å²) in [5, 5.41) is 9.54. The molecule has 7 nitrogen and oxygen atoms in total. The normalized spacial score (nSPS) is 16.0. The second-order valence-corrected chi connectivity index (χ2v) is 6.17. The third-order valence-corrected chi connectivity index (χ3v) is 3.34. The largest absolute Gasteiger partial charge is 0.463 e. The third-order valence-electron chi connectivity index (χ3n) is 2.07. The summed E-state index contributed by atoms with van der Waals surface area (Å²) in [5.74, 6) is -0.437. The molecule has 0 radical (unpaired) electrons. The Balaban J connectivity index is 3.83. The molecule has 0 saturated carbocycles. The number of esters is 1. The van der Waals surface area contributed by atoms with Crippen molar-refractivity contribution in [1.29, 1.82) is 0 Å². The number of hydrogen-bond donors (Lipinski definition) is 2. The second-order valence-electron chi connectivity index (χ2n) is 4.11. The first-order chi connectivity index (χ1) is 9.41. The van der Waals surface area contributed by atoms with Gasteiger partial charge in [0, 0.05) is 13.2 Å². The standard InChI is InChI=1S/C12H24NO6P/c1-3-4-5-6-12(15)17-9-11(14)10-19-20(2,16)18-8-7-13/h4-5,11,14H,3,6-10,13H2,1-2H3/b5-4-. The highest BCUT2D eigenvalue weighted by Gasteiger charge is 2.19. The lowest BCUT2D eigenvalue weighted by atomic mass is 10.3. The number of rotatable bonds is 11. The van der Waals surface area contributed by atoms with E-state index in [1.165, 1.54) is 6.66 Å². The van der Waals surface area contributed by atoms with E-state index >= 15 is 0 Å². The maximum atomic E-state index is 11.7. The number of nitrogens with two attached hydrogens (primary N) is 1. The molecule has 0 aromatic carbocycles. The van der Waals surface area contributed by atoms with Crippen molar-refractivity contribution in [2.75, 3.05) is 33.0 Å². The monoisotopic (exact) mass is 309 g/mol. The molecule has 118 valence electrons. The van der Waals surface area contributed by atoms with Crippen molar-refractivity contribution in [1.82, 2.24) is 0 Å². The van der Waals surface area contributed by atoms with Crippen LogP contribution in [-0.2, 0) is 23.1 Å². The molecule has 2 atom stereocenters. The van der Waals surface area contributed by atoms with Crippen LogP contribution >= 0.6 is 7.60 Å². The molecule has 0 spiro atoms. The van der Waals surface area contributed by atoms with Gasteiger partial charge in [0.2, 0.25) is 0 Å². The van der Waals surface area contributed by atoms with Crippen molar-refractivity contribution in [3.05, 3.63) is 12.2 Å². The van der Waals surface area contributed by atoms with Gasteiger partial charge in [-0.25, -0.2) is 0 Å². The number of carbonyl (C=O) groups excluding carboxylic acids is 1. The number of hydrogen-bond acceptors (Lipinski definition) is 7. The lowest BCUT2D eigenvalue weighted by Gasteiger charge is -2.16. The number of carbonyl (C=O) groups is 1. The molecule has 2 unspecified atom stereocenters. The highest BCUT2D eigenvalue weighted by atomic mass is 31.2. The van der Waals surface area contributed by atoms with Crippen LogP contribution < -0.4 is 5.73 Å². The number of aliphatic hydroxyl groups is 1. The number of ether oxygens (including phenoxy) is 1. The van der Waals surface area contributed by atoms with Crippen LogP contribution in [0, 0.1) is 0 Å². The Morgan fingerprint density at radius 3 is 2.65 bits per heavy atom. The lowest BCUT2D eigenvalue weighted by Crippen LogP contribution is -2.23. The Morgan fingerprint density at radius 2 is 2.05 bits per heavy atom. The lowest BCUT2D eigenvalue weighted by molar-refractivity contribution is -0.146. The van der Waals surface area contributed by atoms with E-state index < -0.39 is 19.7 Å². The number of aliphatic hydroxyl groups excluding tert-OH is 1. The van der Waals surface area contributed by atoms with Crippen LogP contribution in [0.25, 0.3) is 0 Å². The zero-order valence-corrected chi connectivity index (χ0v) is 12.9. The maximum Gasteiger partial charge on any atom is 0.327 e. The van der Waals surface area contributed by atoms with Gasteiger partial charge in [-0.05, 0) is 6.42 Å². The van der Waals surface area contributed by atoms with Crippen LogP contribution in [0.15, 0.2) is 12.2 Å². The summed E-state index contributed by atoms with van der Waals surface area (Å²) in [6.07, 6.45) is 3.50. The highest BCUT2D eigenvalue weighted by molar-refractivity contribution is 7.52. The third kappa shape index (κ3) is 11.1. The van der Waals surface area contributed by atoms with Gasteiger partial charge in [-0.15, -0.1) is 0 Å². The van der Waals surface area contributed by atoms with Crippen molar-refractivity contribution in [2.24, 2.45) is 5.73 Å². The molecule has 0 aromatic rings. The topological polar surface area (TPSA) is 108 Å². The quantitative estimate of drug-likeness (QED) is 0.334. The summed E-state index contributed by atoms with van der Waals surface area (Å²) < 4.78 is 26.3. The Morgan fingerprint density at radius 1 is 1.35 bits per heavy atom. The first kappa shape index (κ1) is 19.3. The molecule has 0 aliphatic heterocycles. The zero-order valence-electron chi connectivity index (χ0n) is 12.0. The van der Waals surface area contributed by atoms with Crippen LogP contribution in [0.5, 0.6) is 0 Å². The minimum absolute atomic E-state index is 0.114. The van der Waals surface area contributed by atoms with E-state index in [0.29, 0.717) is 0 Å². The fourth-order valence-corrected chi connectivity index (χ4v) is 2.07. The summed E-state index contributed by atoms with van der Waals surface area (Å²) in [4.78, 5) is 11.2. The molecule has 0 heterocycles. The fourth-order valence-electron chi connectivity index (χ4n) is 1.12. The molecule has 0 amide bonds. The molecule has 0 aliphatic carbocycles. The Hall–Kier alpha value is -0.720. The Kier molecular flexibility index (Phi) is 10.6. The van der Waals surface area contributed by atoms with E-state index in [2.05, 4.69) is 0 Å².